The predicted octanol–water partition coefficient (Wildman–Crippen LogP) is 2.84. The molecule has 4 heteroatoms. The van der Waals surface area contributed by atoms with Gasteiger partial charge in [0.15, 0.2) is 0 Å². The highest BCUT2D eigenvalue weighted by molar-refractivity contribution is 7.98. The van der Waals surface area contributed by atoms with E-state index in [4.69, 9.17) is 9.68 Å². The Morgan fingerprint density at radius 1 is 1.47 bits per heavy atom. The minimum Gasteiger partial charge on any atom is -0.440 e. The fraction of sp³-hybridized carbons (Fsp3) is 0.0909. The van der Waals surface area contributed by atoms with Crippen molar-refractivity contribution >= 4 is 11.8 Å². The van der Waals surface area contributed by atoms with Crippen LogP contribution >= 0.6 is 11.8 Å². The molecule has 2 aromatic rings. The summed E-state index contributed by atoms with van der Waals surface area (Å²) in [6, 6.07) is 9.64. The minimum absolute atomic E-state index is 0.650. The molecule has 74 valence electrons. The van der Waals surface area contributed by atoms with Crippen molar-refractivity contribution in [3.05, 3.63) is 47.9 Å². The van der Waals surface area contributed by atoms with Gasteiger partial charge in [0.25, 0.3) is 5.22 Å². The molecule has 15 heavy (non-hydrogen) atoms. The van der Waals surface area contributed by atoms with Crippen molar-refractivity contribution in [1.29, 1.82) is 5.26 Å². The summed E-state index contributed by atoms with van der Waals surface area (Å²) in [5.74, 6) is 0.760. The summed E-state index contributed by atoms with van der Waals surface area (Å²) in [6.45, 7) is 0. The lowest BCUT2D eigenvalue weighted by Crippen LogP contribution is -1.82. The smallest absolute Gasteiger partial charge is 0.255 e. The molecular weight excluding hydrogens is 208 g/mol. The van der Waals surface area contributed by atoms with Gasteiger partial charge in [0, 0.05) is 5.75 Å². The minimum atomic E-state index is 0.650. The normalized spacial score (nSPS) is 9.80. The van der Waals surface area contributed by atoms with Gasteiger partial charge in [-0.05, 0) is 17.7 Å². The van der Waals surface area contributed by atoms with Gasteiger partial charge in [0.1, 0.15) is 6.26 Å². The molecule has 0 aliphatic carbocycles. The maximum atomic E-state index is 8.73. The van der Waals surface area contributed by atoms with Crippen molar-refractivity contribution in [2.45, 2.75) is 11.0 Å². The van der Waals surface area contributed by atoms with Gasteiger partial charge in [-0.1, -0.05) is 23.9 Å². The number of nitrogens with zero attached hydrogens (tertiary/aromatic N) is 2. The molecule has 0 spiro atoms. The van der Waals surface area contributed by atoms with Crippen LogP contribution in [0, 0.1) is 11.3 Å². The third kappa shape index (κ3) is 2.61. The summed E-state index contributed by atoms with van der Waals surface area (Å²) >= 11 is 1.51. The molecule has 1 aromatic heterocycles. The number of thioether (sulfide) groups is 1. The van der Waals surface area contributed by atoms with Gasteiger partial charge in [-0.2, -0.15) is 5.26 Å². The van der Waals surface area contributed by atoms with Crippen LogP contribution in [-0.4, -0.2) is 4.98 Å². The van der Waals surface area contributed by atoms with E-state index in [2.05, 4.69) is 11.1 Å². The van der Waals surface area contributed by atoms with Gasteiger partial charge >= 0.3 is 0 Å². The number of nitriles is 1. The van der Waals surface area contributed by atoms with Crippen LogP contribution in [0.4, 0.5) is 0 Å². The largest absolute Gasteiger partial charge is 0.440 e. The van der Waals surface area contributed by atoms with Crippen LogP contribution < -0.4 is 0 Å². The van der Waals surface area contributed by atoms with Crippen LogP contribution in [0.25, 0.3) is 0 Å². The first-order valence-corrected chi connectivity index (χ1v) is 5.38. The number of aromatic nitrogens is 1. The SMILES string of the molecule is N#Cc1cccc(CSc2ncco2)c1. The van der Waals surface area contributed by atoms with E-state index in [1.54, 1.807) is 18.5 Å². The van der Waals surface area contributed by atoms with Gasteiger partial charge in [-0.25, -0.2) is 4.98 Å². The lowest BCUT2D eigenvalue weighted by Gasteiger charge is -1.98. The monoisotopic (exact) mass is 216 g/mol. The Labute approximate surface area is 91.7 Å². The molecule has 1 aromatic carbocycles. The molecule has 0 amide bonds. The Morgan fingerprint density at radius 2 is 2.40 bits per heavy atom. The zero-order valence-electron chi connectivity index (χ0n) is 7.88. The number of benzene rings is 1. The molecule has 1 heterocycles. The standard InChI is InChI=1S/C11H8N2OS/c12-7-9-2-1-3-10(6-9)8-15-11-13-4-5-14-11/h1-6H,8H2. The highest BCUT2D eigenvalue weighted by Crippen LogP contribution is 2.20. The topological polar surface area (TPSA) is 49.8 Å². The van der Waals surface area contributed by atoms with Crippen molar-refractivity contribution in [3.8, 4) is 6.07 Å². The van der Waals surface area contributed by atoms with Gasteiger partial charge in [-0.15, -0.1) is 0 Å². The van der Waals surface area contributed by atoms with Crippen molar-refractivity contribution < 1.29 is 4.42 Å². The van der Waals surface area contributed by atoms with Gasteiger partial charge in [0.2, 0.25) is 0 Å². The fourth-order valence-corrected chi connectivity index (χ4v) is 1.89. The second-order valence-corrected chi connectivity index (χ2v) is 3.83. The van der Waals surface area contributed by atoms with Crippen LogP contribution in [0.2, 0.25) is 0 Å². The molecule has 0 radical (unpaired) electrons. The van der Waals surface area contributed by atoms with Crippen molar-refractivity contribution in [1.82, 2.24) is 4.98 Å². The average molecular weight is 216 g/mol. The number of hydrogen-bond donors (Lipinski definition) is 0. The Balaban J connectivity index is 2.02. The van der Waals surface area contributed by atoms with E-state index in [1.165, 1.54) is 11.8 Å². The molecule has 0 aliphatic heterocycles. The third-order valence-corrected chi connectivity index (χ3v) is 2.75. The summed E-state index contributed by atoms with van der Waals surface area (Å²) in [6.07, 6.45) is 3.17. The summed E-state index contributed by atoms with van der Waals surface area (Å²) in [7, 11) is 0. The van der Waals surface area contributed by atoms with Crippen molar-refractivity contribution in [2.75, 3.05) is 0 Å². The highest BCUT2D eigenvalue weighted by atomic mass is 32.2. The maximum Gasteiger partial charge on any atom is 0.255 e. The molecule has 0 N–H and O–H groups in total. The molecule has 0 unspecified atom stereocenters. The van der Waals surface area contributed by atoms with Crippen LogP contribution in [-0.2, 0) is 5.75 Å². The second-order valence-electron chi connectivity index (χ2n) is 2.90. The average Bonchev–Trinajstić information content (AvgIpc) is 2.79. The Hall–Kier alpha value is -1.73. The summed E-state index contributed by atoms with van der Waals surface area (Å²) in [5.41, 5.74) is 1.78. The van der Waals surface area contributed by atoms with E-state index in [1.807, 2.05) is 18.2 Å². The molecule has 0 bridgehead atoms. The summed E-state index contributed by atoms with van der Waals surface area (Å²) in [4.78, 5) is 4.01. The van der Waals surface area contributed by atoms with Crippen LogP contribution in [0.1, 0.15) is 11.1 Å². The van der Waals surface area contributed by atoms with Crippen molar-refractivity contribution in [3.63, 3.8) is 0 Å². The molecule has 0 saturated heterocycles. The van der Waals surface area contributed by atoms with Crippen LogP contribution in [0.15, 0.2) is 46.4 Å². The molecule has 0 aliphatic rings. The number of hydrogen-bond acceptors (Lipinski definition) is 4. The second kappa shape index (κ2) is 4.67. The Kier molecular flexibility index (Phi) is 3.05. The highest BCUT2D eigenvalue weighted by Gasteiger charge is 2.00. The first kappa shape index (κ1) is 9.81. The van der Waals surface area contributed by atoms with Crippen LogP contribution in [0.5, 0.6) is 0 Å². The molecule has 0 fully saturated rings. The van der Waals surface area contributed by atoms with E-state index in [0.29, 0.717) is 10.8 Å². The molecular formula is C11H8N2OS. The van der Waals surface area contributed by atoms with E-state index >= 15 is 0 Å². The van der Waals surface area contributed by atoms with Crippen molar-refractivity contribution in [2.24, 2.45) is 0 Å². The predicted molar refractivity (Wildman–Crippen MR) is 57.2 cm³/mol. The lowest BCUT2D eigenvalue weighted by atomic mass is 10.2. The Bertz CT molecular complexity index is 474. The number of oxazole rings is 1. The quantitative estimate of drug-likeness (QED) is 0.740. The van der Waals surface area contributed by atoms with Gasteiger partial charge < -0.3 is 4.42 Å². The van der Waals surface area contributed by atoms with E-state index in [-0.39, 0.29) is 0 Å². The zero-order valence-corrected chi connectivity index (χ0v) is 8.70. The molecule has 0 atom stereocenters. The maximum absolute atomic E-state index is 8.73. The van der Waals surface area contributed by atoms with E-state index in [9.17, 15) is 0 Å². The summed E-state index contributed by atoms with van der Waals surface area (Å²) in [5, 5.41) is 9.38. The Morgan fingerprint density at radius 3 is 3.13 bits per heavy atom. The van der Waals surface area contributed by atoms with E-state index < -0.39 is 0 Å². The molecule has 0 saturated carbocycles. The van der Waals surface area contributed by atoms with Gasteiger partial charge in [-0.3, -0.25) is 0 Å². The third-order valence-electron chi connectivity index (χ3n) is 1.83. The molecule has 2 rings (SSSR count). The zero-order chi connectivity index (χ0) is 10.5. The summed E-state index contributed by atoms with van der Waals surface area (Å²) < 4.78 is 5.10. The van der Waals surface area contributed by atoms with Crippen LogP contribution in [0.3, 0.4) is 0 Å². The molecule has 3 nitrogen and oxygen atoms in total. The fourth-order valence-electron chi connectivity index (χ4n) is 1.16. The van der Waals surface area contributed by atoms with Gasteiger partial charge in [0.05, 0.1) is 17.8 Å². The first-order chi connectivity index (χ1) is 7.38. The van der Waals surface area contributed by atoms with E-state index in [0.717, 1.165) is 11.3 Å². The number of rotatable bonds is 3. The first-order valence-electron chi connectivity index (χ1n) is 4.40. The lowest BCUT2D eigenvalue weighted by molar-refractivity contribution is 0.454.